The average molecular weight is 931 g/mol. The normalized spacial score (nSPS) is 17.4. The van der Waals surface area contributed by atoms with Crippen LogP contribution in [0.15, 0.2) is 89.9 Å². The van der Waals surface area contributed by atoms with Crippen molar-refractivity contribution in [3.8, 4) is 0 Å². The topological polar surface area (TPSA) is 205 Å². The van der Waals surface area contributed by atoms with Crippen LogP contribution in [0.1, 0.15) is 83.3 Å². The second-order valence-electron chi connectivity index (χ2n) is 18.5. The molecule has 0 unspecified atom stereocenters. The smallest absolute Gasteiger partial charge is 0.412 e. The first-order chi connectivity index (χ1) is 32.6. The number of ether oxygens (including phenoxy) is 3. The Bertz CT molecular complexity index is 2740. The van der Waals surface area contributed by atoms with Crippen LogP contribution in [-0.4, -0.2) is 124 Å². The Kier molecular flexibility index (Phi) is 14.1. The van der Waals surface area contributed by atoms with E-state index in [4.69, 9.17) is 14.2 Å². The number of carbonyl (C=O) groups is 5. The van der Waals surface area contributed by atoms with Gasteiger partial charge in [0, 0.05) is 57.3 Å². The van der Waals surface area contributed by atoms with Gasteiger partial charge in [-0.05, 0) is 92.3 Å². The number of aromatic amines is 1. The monoisotopic (exact) mass is 930 g/mol. The Labute approximate surface area is 392 Å². The molecule has 9 rings (SSSR count). The molecule has 0 radical (unpaired) electrons. The molecule has 0 spiro atoms. The fourth-order valence-corrected chi connectivity index (χ4v) is 8.86. The third-order valence-corrected chi connectivity index (χ3v) is 12.5. The van der Waals surface area contributed by atoms with Gasteiger partial charge in [-0.1, -0.05) is 54.6 Å². The van der Waals surface area contributed by atoms with Gasteiger partial charge in [0.05, 0.1) is 35.5 Å². The molecule has 5 aromatic rings. The molecule has 356 valence electrons. The average Bonchev–Trinajstić information content (AvgIpc) is 3.29. The van der Waals surface area contributed by atoms with Gasteiger partial charge in [-0.25, -0.2) is 24.1 Å². The molecule has 2 aromatic heterocycles. The van der Waals surface area contributed by atoms with Crippen LogP contribution in [0.4, 0.5) is 19.7 Å². The highest BCUT2D eigenvalue weighted by Gasteiger charge is 2.57. The van der Waals surface area contributed by atoms with E-state index in [0.717, 1.165) is 36.3 Å². The highest BCUT2D eigenvalue weighted by molar-refractivity contribution is 6.01. The molecular formula is C50H55FN8O9. The number of hydrogen-bond acceptors (Lipinski definition) is 11. The van der Waals surface area contributed by atoms with E-state index < -0.39 is 35.4 Å². The zero-order valence-electron chi connectivity index (χ0n) is 38.3. The molecular weight excluding hydrogens is 876 g/mol. The number of carbonyl (C=O) groups excluding carboxylic acids is 5. The van der Waals surface area contributed by atoms with Crippen molar-refractivity contribution in [1.29, 1.82) is 0 Å². The zero-order chi connectivity index (χ0) is 48.0. The molecule has 0 atom stereocenters. The quantitative estimate of drug-likeness (QED) is 0.101. The van der Waals surface area contributed by atoms with E-state index >= 15 is 4.39 Å². The Balaban J connectivity index is 0.838. The summed E-state index contributed by atoms with van der Waals surface area (Å²) in [6.45, 7) is 5.60. The minimum atomic E-state index is -0.745. The van der Waals surface area contributed by atoms with Crippen LogP contribution in [0.5, 0.6) is 0 Å². The highest BCUT2D eigenvalue weighted by atomic mass is 19.1. The van der Waals surface area contributed by atoms with Crippen LogP contribution in [-0.2, 0) is 37.4 Å². The van der Waals surface area contributed by atoms with Crippen molar-refractivity contribution in [3.05, 3.63) is 135 Å². The maximum atomic E-state index is 15.2. The number of piperazine rings is 1. The SMILES string of the molecule is CC(C)(C)OC(=O)Nc1cc(C23CC(C2)C3)cnc1C(=O)NCCOCCN(CC(=O)N1CCN(C(=O)c2cc(Cc3n[nH]c(=O)c4ccccc34)ccc2F)CC1)C(=O)OCc1ccccc1. The summed E-state index contributed by atoms with van der Waals surface area (Å²) >= 11 is 0. The number of H-pyrrole nitrogens is 1. The number of anilines is 1. The van der Waals surface area contributed by atoms with Gasteiger partial charge in [0.1, 0.15) is 24.6 Å². The molecule has 17 nitrogen and oxygen atoms in total. The summed E-state index contributed by atoms with van der Waals surface area (Å²) < 4.78 is 32.0. The number of hydrogen-bond donors (Lipinski definition) is 3. The predicted octanol–water partition coefficient (Wildman–Crippen LogP) is 5.82. The van der Waals surface area contributed by atoms with Gasteiger partial charge in [0.2, 0.25) is 5.91 Å². The fourth-order valence-electron chi connectivity index (χ4n) is 8.86. The van der Waals surface area contributed by atoms with Crippen LogP contribution < -0.4 is 16.2 Å². The first-order valence-corrected chi connectivity index (χ1v) is 22.8. The van der Waals surface area contributed by atoms with E-state index in [1.165, 1.54) is 21.9 Å². The van der Waals surface area contributed by atoms with Crippen molar-refractivity contribution < 1.29 is 42.6 Å². The summed E-state index contributed by atoms with van der Waals surface area (Å²) in [6, 6.07) is 22.3. The first-order valence-electron chi connectivity index (χ1n) is 22.8. The van der Waals surface area contributed by atoms with Gasteiger partial charge >= 0.3 is 12.2 Å². The zero-order valence-corrected chi connectivity index (χ0v) is 38.3. The first kappa shape index (κ1) is 47.3. The van der Waals surface area contributed by atoms with Crippen LogP contribution >= 0.6 is 0 Å². The molecule has 2 bridgehead atoms. The molecule has 3 N–H and O–H groups in total. The van der Waals surface area contributed by atoms with Gasteiger partial charge in [-0.2, -0.15) is 5.10 Å². The summed E-state index contributed by atoms with van der Waals surface area (Å²) in [5.41, 5.74) is 2.11. The Morgan fingerprint density at radius 1 is 0.882 bits per heavy atom. The van der Waals surface area contributed by atoms with Crippen molar-refractivity contribution in [2.75, 3.05) is 64.3 Å². The maximum Gasteiger partial charge on any atom is 0.412 e. The van der Waals surface area contributed by atoms with Gasteiger partial charge in [0.25, 0.3) is 17.4 Å². The molecule has 5 amide bonds. The number of aromatic nitrogens is 3. The highest BCUT2D eigenvalue weighted by Crippen LogP contribution is 2.65. The second-order valence-corrected chi connectivity index (χ2v) is 18.5. The summed E-state index contributed by atoms with van der Waals surface area (Å²) in [5, 5.41) is 13.3. The molecule has 4 aliphatic rings. The molecule has 4 fully saturated rings. The lowest BCUT2D eigenvalue weighted by Gasteiger charge is -2.62. The summed E-state index contributed by atoms with van der Waals surface area (Å²) in [7, 11) is 0. The van der Waals surface area contributed by atoms with Crippen molar-refractivity contribution in [1.82, 2.24) is 35.2 Å². The van der Waals surface area contributed by atoms with Gasteiger partial charge < -0.3 is 29.3 Å². The molecule has 3 aromatic carbocycles. The van der Waals surface area contributed by atoms with E-state index in [9.17, 15) is 28.8 Å². The number of pyridine rings is 1. The van der Waals surface area contributed by atoms with Crippen LogP contribution in [0.25, 0.3) is 10.8 Å². The van der Waals surface area contributed by atoms with Crippen LogP contribution in [0.3, 0.4) is 0 Å². The lowest BCUT2D eigenvalue weighted by Crippen LogP contribution is -2.55. The predicted molar refractivity (Wildman–Crippen MR) is 249 cm³/mol. The van der Waals surface area contributed by atoms with Gasteiger partial charge in [0.15, 0.2) is 5.69 Å². The van der Waals surface area contributed by atoms with Gasteiger partial charge in [-0.15, -0.1) is 0 Å². The number of benzene rings is 3. The summed E-state index contributed by atoms with van der Waals surface area (Å²) in [6.07, 6.45) is 3.73. The minimum Gasteiger partial charge on any atom is -0.445 e. The number of amides is 5. The third kappa shape index (κ3) is 11.1. The van der Waals surface area contributed by atoms with E-state index in [1.807, 2.05) is 36.4 Å². The number of halogens is 1. The Morgan fingerprint density at radius 2 is 1.59 bits per heavy atom. The Hall–Kier alpha value is -7.21. The summed E-state index contributed by atoms with van der Waals surface area (Å²) in [4.78, 5) is 87.9. The molecule has 68 heavy (non-hydrogen) atoms. The standard InChI is InChI=1S/C50H55FN8O9/c1-49(2,3)68-47(64)54-41-25-35(50-26-34(27-50)28-50)29-53-43(41)45(62)52-15-21-66-22-20-59(48(65)67-31-32-9-5-4-6-10-32)30-42(60)57-16-18-58(19-17-57)46(63)38-23-33(13-14-39(38)51)24-40-36-11-7-8-12-37(36)44(61)56-55-40/h4-14,23,25,29,34H,15-22,24,26-28,30-31H2,1-3H3,(H,52,62)(H,54,64)(H,56,61). The van der Waals surface area contributed by atoms with Gasteiger partial charge in [-0.3, -0.25) is 29.4 Å². The van der Waals surface area contributed by atoms with E-state index in [-0.39, 0.29) is 106 Å². The number of nitrogens with one attached hydrogen (secondary N) is 3. The van der Waals surface area contributed by atoms with Crippen molar-refractivity contribution in [3.63, 3.8) is 0 Å². The van der Waals surface area contributed by atoms with Crippen molar-refractivity contribution in [2.24, 2.45) is 5.92 Å². The number of fused-ring (bicyclic) bond motifs is 1. The minimum absolute atomic E-state index is 0.00641. The van der Waals surface area contributed by atoms with Crippen LogP contribution in [0, 0.1) is 11.7 Å². The Morgan fingerprint density at radius 3 is 2.29 bits per heavy atom. The fraction of sp³-hybridized carbons (Fsp3) is 0.400. The molecule has 18 heteroatoms. The van der Waals surface area contributed by atoms with Crippen molar-refractivity contribution >= 4 is 46.4 Å². The van der Waals surface area contributed by atoms with Crippen molar-refractivity contribution in [2.45, 2.75) is 64.1 Å². The lowest BCUT2D eigenvalue weighted by molar-refractivity contribution is -0.133. The second kappa shape index (κ2) is 20.3. The molecule has 1 saturated heterocycles. The third-order valence-electron chi connectivity index (χ3n) is 12.5. The largest absolute Gasteiger partial charge is 0.445 e. The van der Waals surface area contributed by atoms with E-state index in [1.54, 1.807) is 62.2 Å². The lowest BCUT2D eigenvalue weighted by atomic mass is 9.42. The number of nitrogens with zero attached hydrogens (tertiary/aromatic N) is 5. The molecule has 3 saturated carbocycles. The number of rotatable bonds is 16. The molecule has 1 aliphatic heterocycles. The maximum absolute atomic E-state index is 15.2. The van der Waals surface area contributed by atoms with Crippen LogP contribution in [0.2, 0.25) is 0 Å². The van der Waals surface area contributed by atoms with E-state index in [2.05, 4.69) is 25.8 Å². The van der Waals surface area contributed by atoms with E-state index in [0.29, 0.717) is 22.0 Å². The summed E-state index contributed by atoms with van der Waals surface area (Å²) in [5.74, 6) is -1.38. The molecule has 3 heterocycles. The molecule has 3 aliphatic carbocycles.